The highest BCUT2D eigenvalue weighted by atomic mass is 35.5. The number of likely N-dealkylation sites (tertiary alicyclic amines) is 1. The van der Waals surface area contributed by atoms with Crippen molar-refractivity contribution >= 4 is 34.9 Å². The van der Waals surface area contributed by atoms with Crippen LogP contribution in [0, 0.1) is 12.7 Å². The number of anilines is 1. The maximum absolute atomic E-state index is 15.6. The average molecular weight is 754 g/mol. The molecule has 3 aromatic heterocycles. The van der Waals surface area contributed by atoms with Crippen molar-refractivity contribution < 1.29 is 19.1 Å². The van der Waals surface area contributed by atoms with Crippen molar-refractivity contribution in [1.82, 2.24) is 38.9 Å². The van der Waals surface area contributed by atoms with E-state index in [0.717, 1.165) is 24.0 Å². The molecule has 1 spiro atoms. The minimum Gasteiger partial charge on any atom is -0.504 e. The number of aromatic hydroxyl groups is 1. The van der Waals surface area contributed by atoms with E-state index in [4.69, 9.17) is 16.6 Å². The summed E-state index contributed by atoms with van der Waals surface area (Å²) in [6, 6.07) is 10.5. The lowest BCUT2D eigenvalue weighted by Gasteiger charge is -2.39. The molecular weight excluding hydrogens is 713 g/mol. The summed E-state index contributed by atoms with van der Waals surface area (Å²) in [6.07, 6.45) is 5.02. The molecule has 3 aliphatic rings. The second-order valence-corrected chi connectivity index (χ2v) is 15.7. The van der Waals surface area contributed by atoms with Crippen molar-refractivity contribution in [1.29, 1.82) is 0 Å². The maximum atomic E-state index is 15.6. The van der Waals surface area contributed by atoms with Crippen LogP contribution in [0.1, 0.15) is 89.4 Å². The molecule has 2 aliphatic carbocycles. The van der Waals surface area contributed by atoms with Crippen LogP contribution in [-0.4, -0.2) is 83.0 Å². The number of fused-ring (bicyclic) bond motifs is 3. The maximum Gasteiger partial charge on any atom is 0.279 e. The van der Waals surface area contributed by atoms with Crippen LogP contribution >= 0.6 is 11.6 Å². The van der Waals surface area contributed by atoms with Crippen LogP contribution in [0.2, 0.25) is 5.02 Å². The number of hydrogen-bond acceptors (Lipinski definition) is 9. The van der Waals surface area contributed by atoms with E-state index >= 15 is 4.39 Å². The molecule has 15 heteroatoms. The minimum atomic E-state index is -0.633. The van der Waals surface area contributed by atoms with Crippen LogP contribution in [-0.2, 0) is 23.3 Å². The number of carbonyl (C=O) groups is 2. The highest BCUT2D eigenvalue weighted by molar-refractivity contribution is 6.33. The van der Waals surface area contributed by atoms with E-state index in [1.807, 2.05) is 44.1 Å². The molecule has 54 heavy (non-hydrogen) atoms. The van der Waals surface area contributed by atoms with Crippen molar-refractivity contribution in [2.75, 3.05) is 32.5 Å². The van der Waals surface area contributed by atoms with E-state index in [-0.39, 0.29) is 52.5 Å². The number of benzene rings is 2. The molecule has 2 aromatic carbocycles. The molecule has 1 saturated carbocycles. The molecule has 2 N–H and O–H groups in total. The van der Waals surface area contributed by atoms with Crippen LogP contribution in [0.15, 0.2) is 47.5 Å². The average Bonchev–Trinajstić information content (AvgIpc) is 3.82. The molecule has 13 nitrogen and oxygen atoms in total. The summed E-state index contributed by atoms with van der Waals surface area (Å²) in [5.74, 6) is -1.06. The Labute approximate surface area is 315 Å². The Balaban J connectivity index is 1.18. The predicted octanol–water partition coefficient (Wildman–Crippen LogP) is 5.41. The van der Waals surface area contributed by atoms with Crippen LogP contribution < -0.4 is 10.9 Å². The predicted molar refractivity (Wildman–Crippen MR) is 200 cm³/mol. The second-order valence-electron chi connectivity index (χ2n) is 15.2. The lowest BCUT2D eigenvalue weighted by molar-refractivity contribution is -0.116. The van der Waals surface area contributed by atoms with E-state index in [0.29, 0.717) is 72.5 Å². The number of piperidine rings is 1. The Morgan fingerprint density at radius 1 is 1.11 bits per heavy atom. The van der Waals surface area contributed by atoms with Crippen molar-refractivity contribution in [3.8, 4) is 17.1 Å². The number of nitrogens with one attached hydrogen (secondary N) is 1. The fourth-order valence-electron chi connectivity index (χ4n) is 8.34. The Morgan fingerprint density at radius 3 is 2.56 bits per heavy atom. The summed E-state index contributed by atoms with van der Waals surface area (Å²) in [4.78, 5) is 58.2. The number of nitrogens with zero attached hydrogens (tertiary/aromatic N) is 8. The van der Waals surface area contributed by atoms with Gasteiger partial charge >= 0.3 is 0 Å². The van der Waals surface area contributed by atoms with E-state index in [1.165, 1.54) is 16.9 Å². The molecule has 2 fully saturated rings. The SMILES string of the molecule is Cc1ncnc(C(=O)N2CCC3(CC2)C[C@@H](C)c2c3c(=O)n3nc(-c4ccc(CN(C)C)cc4F)nc3n2CC(=O)Nc2ccc(C3CC3)cc2Cl)c1O. The van der Waals surface area contributed by atoms with Crippen LogP contribution in [0.3, 0.4) is 0 Å². The first-order valence-electron chi connectivity index (χ1n) is 18.2. The van der Waals surface area contributed by atoms with Gasteiger partial charge in [0.05, 0.1) is 22.0 Å². The molecule has 1 atom stereocenters. The summed E-state index contributed by atoms with van der Waals surface area (Å²) in [6.45, 7) is 4.59. The number of rotatable bonds is 8. The van der Waals surface area contributed by atoms with Gasteiger partial charge in [0, 0.05) is 36.3 Å². The van der Waals surface area contributed by atoms with Crippen molar-refractivity contribution in [3.05, 3.63) is 97.7 Å². The standard InChI is InChI=1S/C39H41ClFN9O4/c1-21-17-39(11-13-48(14-12-39)37(54)32-34(52)22(2)42-20-43-32)31-33(21)49(19-30(51)44-29-10-8-25(16-27(29)40)24-6-7-24)38-45-35(46-50(38)36(31)53)26-9-5-23(15-28(26)41)18-47(3)4/h5,8-10,15-16,20-21,24,52H,6-7,11-14,17-19H2,1-4H3,(H,44,51)/t21-/m1/s1. The van der Waals surface area contributed by atoms with Gasteiger partial charge in [-0.15, -0.1) is 5.10 Å². The zero-order valence-corrected chi connectivity index (χ0v) is 31.3. The number of amides is 2. The normalized spacial score (nSPS) is 17.8. The first kappa shape index (κ1) is 35.8. The summed E-state index contributed by atoms with van der Waals surface area (Å²) in [7, 11) is 3.80. The molecule has 280 valence electrons. The lowest BCUT2D eigenvalue weighted by Crippen LogP contribution is -2.46. The fourth-order valence-corrected chi connectivity index (χ4v) is 8.58. The number of carbonyl (C=O) groups excluding carboxylic acids is 2. The van der Waals surface area contributed by atoms with E-state index in [2.05, 4.69) is 20.4 Å². The number of aryl methyl sites for hydroxylation is 1. The third kappa shape index (κ3) is 6.30. The molecular formula is C39H41ClFN9O4. The first-order valence-corrected chi connectivity index (χ1v) is 18.6. The third-order valence-corrected chi connectivity index (χ3v) is 11.4. The largest absolute Gasteiger partial charge is 0.504 e. The molecule has 0 bridgehead atoms. The van der Waals surface area contributed by atoms with Crippen LogP contribution in [0.4, 0.5) is 10.1 Å². The highest BCUT2D eigenvalue weighted by Gasteiger charge is 2.49. The monoisotopic (exact) mass is 753 g/mol. The smallest absolute Gasteiger partial charge is 0.279 e. The first-order chi connectivity index (χ1) is 25.8. The van der Waals surface area contributed by atoms with Gasteiger partial charge in [0.2, 0.25) is 11.7 Å². The van der Waals surface area contributed by atoms with Crippen molar-refractivity contribution in [2.45, 2.75) is 76.3 Å². The summed E-state index contributed by atoms with van der Waals surface area (Å²) >= 11 is 6.62. The zero-order chi connectivity index (χ0) is 38.1. The summed E-state index contributed by atoms with van der Waals surface area (Å²) in [5, 5.41) is 18.5. The topological polar surface area (TPSA) is 151 Å². The minimum absolute atomic E-state index is 0.0274. The van der Waals surface area contributed by atoms with Gasteiger partial charge in [-0.2, -0.15) is 9.50 Å². The number of aromatic nitrogens is 6. The zero-order valence-electron chi connectivity index (χ0n) is 30.6. The van der Waals surface area contributed by atoms with E-state index in [1.54, 1.807) is 28.5 Å². The van der Waals surface area contributed by atoms with E-state index < -0.39 is 17.1 Å². The number of halogens is 2. The van der Waals surface area contributed by atoms with Gasteiger partial charge in [-0.1, -0.05) is 30.7 Å². The van der Waals surface area contributed by atoms with Gasteiger partial charge < -0.3 is 24.8 Å². The van der Waals surface area contributed by atoms with E-state index in [9.17, 15) is 19.5 Å². The Hall–Kier alpha value is -5.21. The third-order valence-electron chi connectivity index (χ3n) is 11.1. The van der Waals surface area contributed by atoms with Crippen molar-refractivity contribution in [2.24, 2.45) is 0 Å². The van der Waals surface area contributed by atoms with Crippen LogP contribution in [0.25, 0.3) is 17.2 Å². The Bertz CT molecular complexity index is 2400. The Kier molecular flexibility index (Phi) is 9.00. The van der Waals surface area contributed by atoms with Gasteiger partial charge in [-0.05, 0) is 100 Å². The van der Waals surface area contributed by atoms with Gasteiger partial charge in [-0.25, -0.2) is 14.4 Å². The Morgan fingerprint density at radius 2 is 1.87 bits per heavy atom. The van der Waals surface area contributed by atoms with Crippen LogP contribution in [0.5, 0.6) is 5.75 Å². The fraction of sp³-hybridized carbons (Fsp3) is 0.410. The second kappa shape index (κ2) is 13.6. The summed E-state index contributed by atoms with van der Waals surface area (Å²) in [5.41, 5.74) is 2.96. The van der Waals surface area contributed by atoms with Gasteiger partial charge in [0.25, 0.3) is 11.5 Å². The number of hydrogen-bond donors (Lipinski definition) is 2. The molecule has 2 amide bonds. The van der Waals surface area contributed by atoms with Gasteiger partial charge in [0.1, 0.15) is 18.7 Å². The molecule has 5 aromatic rings. The van der Waals surface area contributed by atoms with Gasteiger partial charge in [0.15, 0.2) is 17.3 Å². The molecule has 8 rings (SSSR count). The van der Waals surface area contributed by atoms with Gasteiger partial charge in [-0.3, -0.25) is 14.4 Å². The van der Waals surface area contributed by atoms with Crippen molar-refractivity contribution in [3.63, 3.8) is 0 Å². The quantitative estimate of drug-likeness (QED) is 0.212. The summed E-state index contributed by atoms with van der Waals surface area (Å²) < 4.78 is 18.5. The molecule has 0 radical (unpaired) electrons. The molecule has 1 aliphatic heterocycles. The molecule has 4 heterocycles. The lowest BCUT2D eigenvalue weighted by atomic mass is 9.73. The molecule has 0 unspecified atom stereocenters. The highest BCUT2D eigenvalue weighted by Crippen LogP contribution is 2.50. The molecule has 1 saturated heterocycles.